The van der Waals surface area contributed by atoms with E-state index in [1.165, 1.54) is 51.4 Å². The van der Waals surface area contributed by atoms with Gasteiger partial charge in [0.05, 0.1) is 0 Å². The van der Waals surface area contributed by atoms with E-state index >= 15 is 0 Å². The van der Waals surface area contributed by atoms with Crippen LogP contribution in [0.2, 0.25) is 0 Å². The molecular weight excluding hydrogens is 384 g/mol. The molecule has 1 atom stereocenters. The molecule has 6 heteroatoms. The fraction of sp³-hybridized carbons (Fsp3) is 0.609. The zero-order valence-corrected chi connectivity index (χ0v) is 18.2. The van der Waals surface area contributed by atoms with E-state index in [0.717, 1.165) is 16.2 Å². The highest BCUT2D eigenvalue weighted by Crippen LogP contribution is 2.34. The number of hydrogen-bond donors (Lipinski definition) is 1. The summed E-state index contributed by atoms with van der Waals surface area (Å²) in [7, 11) is 0. The number of rotatable bonds is 11. The number of piperidine rings is 1. The molecule has 0 spiro atoms. The van der Waals surface area contributed by atoms with Crippen molar-refractivity contribution in [1.29, 1.82) is 0 Å². The average Bonchev–Trinajstić information content (AvgIpc) is 3.04. The monoisotopic (exact) mass is 416 g/mol. The van der Waals surface area contributed by atoms with E-state index in [1.807, 2.05) is 23.9 Å². The molecule has 1 N–H and O–H groups in total. The molecule has 0 bridgehead atoms. The first kappa shape index (κ1) is 21.9. The Kier molecular flexibility index (Phi) is 8.16. The van der Waals surface area contributed by atoms with Gasteiger partial charge in [-0.15, -0.1) is 11.8 Å². The molecule has 158 valence electrons. The summed E-state index contributed by atoms with van der Waals surface area (Å²) in [6.07, 6.45) is 11.1. The summed E-state index contributed by atoms with van der Waals surface area (Å²) < 4.78 is 0. The van der Waals surface area contributed by atoms with Gasteiger partial charge in [-0.1, -0.05) is 57.9 Å². The van der Waals surface area contributed by atoms with Gasteiger partial charge in [0.25, 0.3) is 5.91 Å². The number of thioether (sulfide) groups is 1. The molecule has 1 fully saturated rings. The van der Waals surface area contributed by atoms with E-state index in [0.29, 0.717) is 18.5 Å². The van der Waals surface area contributed by atoms with Gasteiger partial charge >= 0.3 is 0 Å². The number of benzene rings is 1. The van der Waals surface area contributed by atoms with Crippen molar-refractivity contribution >= 4 is 29.5 Å². The van der Waals surface area contributed by atoms with Gasteiger partial charge in [0.2, 0.25) is 11.8 Å². The molecule has 2 heterocycles. The lowest BCUT2D eigenvalue weighted by Crippen LogP contribution is -2.52. The van der Waals surface area contributed by atoms with Crippen molar-refractivity contribution in [3.8, 4) is 0 Å². The van der Waals surface area contributed by atoms with Crippen LogP contribution in [-0.4, -0.2) is 34.4 Å². The van der Waals surface area contributed by atoms with Crippen LogP contribution in [0.3, 0.4) is 0 Å². The molecule has 2 aliphatic heterocycles. The number of carbonyl (C=O) groups excluding carboxylic acids is 3. The molecule has 29 heavy (non-hydrogen) atoms. The quantitative estimate of drug-likeness (QED) is 0.323. The first-order chi connectivity index (χ1) is 14.1. The predicted molar refractivity (Wildman–Crippen MR) is 116 cm³/mol. The first-order valence-corrected chi connectivity index (χ1v) is 12.0. The number of imide groups is 1. The van der Waals surface area contributed by atoms with Gasteiger partial charge < -0.3 is 4.90 Å². The molecule has 2 aliphatic rings. The minimum Gasteiger partial charge on any atom is -0.322 e. The van der Waals surface area contributed by atoms with Crippen molar-refractivity contribution in [3.63, 3.8) is 0 Å². The van der Waals surface area contributed by atoms with Crippen molar-refractivity contribution in [1.82, 2.24) is 10.2 Å². The van der Waals surface area contributed by atoms with Crippen molar-refractivity contribution in [2.45, 2.75) is 88.6 Å². The van der Waals surface area contributed by atoms with Crippen molar-refractivity contribution in [2.75, 3.05) is 5.75 Å². The zero-order chi connectivity index (χ0) is 20.6. The highest BCUT2D eigenvalue weighted by atomic mass is 32.2. The Hall–Kier alpha value is -1.82. The third kappa shape index (κ3) is 5.62. The Balaban J connectivity index is 1.49. The highest BCUT2D eigenvalue weighted by Gasteiger charge is 2.39. The minimum absolute atomic E-state index is 0.0935. The lowest BCUT2D eigenvalue weighted by atomic mass is 10.0. The summed E-state index contributed by atoms with van der Waals surface area (Å²) in [4.78, 5) is 39.2. The summed E-state index contributed by atoms with van der Waals surface area (Å²) in [6.45, 7) is 2.70. The van der Waals surface area contributed by atoms with E-state index in [9.17, 15) is 14.4 Å². The third-order valence-electron chi connectivity index (χ3n) is 5.79. The van der Waals surface area contributed by atoms with Gasteiger partial charge in [0.15, 0.2) is 0 Å². The topological polar surface area (TPSA) is 66.5 Å². The normalized spacial score (nSPS) is 18.9. The van der Waals surface area contributed by atoms with E-state index in [1.54, 1.807) is 4.90 Å². The molecule has 0 aromatic heterocycles. The first-order valence-electron chi connectivity index (χ1n) is 11.0. The molecule has 1 aromatic rings. The molecular formula is C23H32N2O3S. The van der Waals surface area contributed by atoms with Crippen LogP contribution in [0.25, 0.3) is 0 Å². The van der Waals surface area contributed by atoms with Gasteiger partial charge in [-0.05, 0) is 36.3 Å². The van der Waals surface area contributed by atoms with Gasteiger partial charge in [0.1, 0.15) is 6.04 Å². The van der Waals surface area contributed by atoms with Crippen molar-refractivity contribution in [3.05, 3.63) is 29.3 Å². The van der Waals surface area contributed by atoms with Gasteiger partial charge in [-0.3, -0.25) is 19.7 Å². The molecule has 5 nitrogen and oxygen atoms in total. The Bertz CT molecular complexity index is 750. The number of amides is 3. The molecule has 3 rings (SSSR count). The summed E-state index contributed by atoms with van der Waals surface area (Å²) in [6, 6.07) is 5.32. The van der Waals surface area contributed by atoms with Crippen molar-refractivity contribution in [2.24, 2.45) is 0 Å². The van der Waals surface area contributed by atoms with Crippen LogP contribution in [0.1, 0.15) is 87.1 Å². The summed E-state index contributed by atoms with van der Waals surface area (Å²) in [5.74, 6) is 0.356. The summed E-state index contributed by atoms with van der Waals surface area (Å²) >= 11 is 1.82. The van der Waals surface area contributed by atoms with Gasteiger partial charge in [-0.25, -0.2) is 0 Å². The number of hydrogen-bond acceptors (Lipinski definition) is 4. The highest BCUT2D eigenvalue weighted by molar-refractivity contribution is 7.99. The maximum atomic E-state index is 12.9. The number of fused-ring (bicyclic) bond motifs is 1. The second-order valence-electron chi connectivity index (χ2n) is 8.01. The maximum absolute atomic E-state index is 12.9. The Morgan fingerprint density at radius 3 is 2.48 bits per heavy atom. The summed E-state index contributed by atoms with van der Waals surface area (Å²) in [5, 5.41) is 2.36. The SMILES string of the molecule is CCCCCCCCCCSc1cccc2c1CN(C1CCC(=O)NC1=O)C2=O. The third-order valence-corrected chi connectivity index (χ3v) is 6.98. The number of nitrogens with one attached hydrogen (secondary N) is 1. The lowest BCUT2D eigenvalue weighted by molar-refractivity contribution is -0.136. The molecule has 1 aromatic carbocycles. The fourth-order valence-corrected chi connectivity index (χ4v) is 5.20. The van der Waals surface area contributed by atoms with Gasteiger partial charge in [0, 0.05) is 23.4 Å². The second-order valence-corrected chi connectivity index (χ2v) is 9.14. The van der Waals surface area contributed by atoms with Gasteiger partial charge in [-0.2, -0.15) is 0 Å². The Labute approximate surface area is 178 Å². The minimum atomic E-state index is -0.543. The van der Waals surface area contributed by atoms with Crippen LogP contribution in [0, 0.1) is 0 Å². The van der Waals surface area contributed by atoms with Crippen LogP contribution >= 0.6 is 11.8 Å². The maximum Gasteiger partial charge on any atom is 0.255 e. The summed E-state index contributed by atoms with van der Waals surface area (Å²) in [5.41, 5.74) is 1.74. The Morgan fingerprint density at radius 1 is 1.03 bits per heavy atom. The fourth-order valence-electron chi connectivity index (χ4n) is 4.11. The lowest BCUT2D eigenvalue weighted by Gasteiger charge is -2.29. The van der Waals surface area contributed by atoms with Crippen LogP contribution in [0.15, 0.2) is 23.1 Å². The molecule has 1 unspecified atom stereocenters. The van der Waals surface area contributed by atoms with Crippen molar-refractivity contribution < 1.29 is 14.4 Å². The van der Waals surface area contributed by atoms with E-state index in [4.69, 9.17) is 0 Å². The second kappa shape index (κ2) is 10.8. The Morgan fingerprint density at radius 2 is 1.76 bits per heavy atom. The zero-order valence-electron chi connectivity index (χ0n) is 17.4. The number of unbranched alkanes of at least 4 members (excludes halogenated alkanes) is 7. The molecule has 0 aliphatic carbocycles. The van der Waals surface area contributed by atoms with Crippen LogP contribution in [-0.2, 0) is 16.1 Å². The average molecular weight is 417 g/mol. The number of nitrogens with zero attached hydrogens (tertiary/aromatic N) is 1. The van der Waals surface area contributed by atoms with E-state index in [2.05, 4.69) is 18.3 Å². The van der Waals surface area contributed by atoms with Crippen LogP contribution in [0.4, 0.5) is 0 Å². The molecule has 0 saturated carbocycles. The molecule has 1 saturated heterocycles. The number of carbonyl (C=O) groups is 3. The van der Waals surface area contributed by atoms with Crippen LogP contribution < -0.4 is 5.32 Å². The largest absolute Gasteiger partial charge is 0.322 e. The predicted octanol–water partition coefficient (Wildman–Crippen LogP) is 4.68. The molecule has 3 amide bonds. The van der Waals surface area contributed by atoms with Crippen LogP contribution in [0.5, 0.6) is 0 Å². The smallest absolute Gasteiger partial charge is 0.255 e. The standard InChI is InChI=1S/C23H32N2O3S/c1-2-3-4-5-6-7-8-9-15-29-20-12-10-11-17-18(20)16-25(23(17)28)19-13-14-21(26)24-22(19)27/h10-12,19H,2-9,13-16H2,1H3,(H,24,26,27). The van der Waals surface area contributed by atoms with E-state index < -0.39 is 6.04 Å². The van der Waals surface area contributed by atoms with E-state index in [-0.39, 0.29) is 24.1 Å². The molecule has 0 radical (unpaired) electrons.